The molecule has 2 amide bonds. The van der Waals surface area contributed by atoms with Crippen LogP contribution in [0.15, 0.2) is 48.5 Å². The van der Waals surface area contributed by atoms with Crippen LogP contribution in [0.25, 0.3) is 6.08 Å². The van der Waals surface area contributed by atoms with Crippen molar-refractivity contribution >= 4 is 52.5 Å². The predicted molar refractivity (Wildman–Crippen MR) is 105 cm³/mol. The summed E-state index contributed by atoms with van der Waals surface area (Å²) in [7, 11) is 0. The highest BCUT2D eigenvalue weighted by Gasteiger charge is 2.16. The first kappa shape index (κ1) is 20.9. The quantitative estimate of drug-likeness (QED) is 0.302. The normalized spacial score (nSPS) is 10.4. The molecule has 2 aromatic rings. The van der Waals surface area contributed by atoms with Crippen LogP contribution < -0.4 is 16.2 Å². The lowest BCUT2D eigenvalue weighted by molar-refractivity contribution is -0.384. The summed E-state index contributed by atoms with van der Waals surface area (Å²) in [5.74, 6) is -1.70. The Balaban J connectivity index is 1.87. The van der Waals surface area contributed by atoms with Crippen LogP contribution in [0, 0.1) is 15.9 Å². The Labute approximate surface area is 168 Å². The SMILES string of the molecule is O=C(C=Cc1ccc(F)cc1)NC(=S)NNC(=O)c1ccc(Cl)c([N+](=O)[O-])c1. The third kappa shape index (κ3) is 6.11. The summed E-state index contributed by atoms with van der Waals surface area (Å²) in [5, 5.41) is 12.8. The van der Waals surface area contributed by atoms with Gasteiger partial charge in [-0.1, -0.05) is 23.7 Å². The van der Waals surface area contributed by atoms with Crippen LogP contribution in [0.2, 0.25) is 5.02 Å². The number of hydrazine groups is 1. The lowest BCUT2D eigenvalue weighted by atomic mass is 10.2. The Morgan fingerprint density at radius 2 is 1.82 bits per heavy atom. The highest BCUT2D eigenvalue weighted by Crippen LogP contribution is 2.24. The number of nitro benzene ring substituents is 1. The van der Waals surface area contributed by atoms with Gasteiger partial charge in [0.05, 0.1) is 4.92 Å². The van der Waals surface area contributed by atoms with E-state index in [1.807, 2.05) is 0 Å². The van der Waals surface area contributed by atoms with E-state index in [1.54, 1.807) is 0 Å². The number of carbonyl (C=O) groups excluding carboxylic acids is 2. The smallest absolute Gasteiger partial charge is 0.288 e. The van der Waals surface area contributed by atoms with Gasteiger partial charge in [-0.15, -0.1) is 0 Å². The van der Waals surface area contributed by atoms with E-state index in [-0.39, 0.29) is 15.7 Å². The van der Waals surface area contributed by atoms with Gasteiger partial charge in [-0.2, -0.15) is 0 Å². The summed E-state index contributed by atoms with van der Waals surface area (Å²) < 4.78 is 12.8. The summed E-state index contributed by atoms with van der Waals surface area (Å²) in [4.78, 5) is 33.9. The van der Waals surface area contributed by atoms with E-state index in [2.05, 4.69) is 16.2 Å². The van der Waals surface area contributed by atoms with E-state index in [1.165, 1.54) is 48.6 Å². The van der Waals surface area contributed by atoms with Crippen LogP contribution in [-0.4, -0.2) is 21.9 Å². The van der Waals surface area contributed by atoms with Gasteiger partial charge < -0.3 is 0 Å². The molecule has 0 aliphatic heterocycles. The van der Waals surface area contributed by atoms with Crippen molar-refractivity contribution in [1.82, 2.24) is 16.2 Å². The van der Waals surface area contributed by atoms with Gasteiger partial charge in [-0.3, -0.25) is 35.9 Å². The monoisotopic (exact) mass is 422 g/mol. The molecule has 0 aromatic heterocycles. The zero-order valence-electron chi connectivity index (χ0n) is 13.9. The van der Waals surface area contributed by atoms with Crippen LogP contribution in [0.4, 0.5) is 10.1 Å². The van der Waals surface area contributed by atoms with Gasteiger partial charge in [0.2, 0.25) is 5.91 Å². The largest absolute Gasteiger partial charge is 0.298 e. The van der Waals surface area contributed by atoms with Gasteiger partial charge in [0, 0.05) is 17.7 Å². The topological polar surface area (TPSA) is 113 Å². The third-order valence-corrected chi connectivity index (χ3v) is 3.75. The lowest BCUT2D eigenvalue weighted by Gasteiger charge is -2.09. The number of benzene rings is 2. The molecule has 0 aliphatic rings. The number of carbonyl (C=O) groups is 2. The summed E-state index contributed by atoms with van der Waals surface area (Å²) >= 11 is 10.5. The van der Waals surface area contributed by atoms with Crippen molar-refractivity contribution in [2.75, 3.05) is 0 Å². The average Bonchev–Trinajstić information content (AvgIpc) is 2.65. The van der Waals surface area contributed by atoms with Crippen molar-refractivity contribution in [3.8, 4) is 0 Å². The minimum atomic E-state index is -0.724. The average molecular weight is 423 g/mol. The minimum absolute atomic E-state index is 0.0334. The van der Waals surface area contributed by atoms with Gasteiger partial charge in [-0.25, -0.2) is 4.39 Å². The van der Waals surface area contributed by atoms with Gasteiger partial charge in [0.25, 0.3) is 11.6 Å². The van der Waals surface area contributed by atoms with Crippen LogP contribution >= 0.6 is 23.8 Å². The molecule has 3 N–H and O–H groups in total. The molecule has 28 heavy (non-hydrogen) atoms. The molecule has 0 aliphatic carbocycles. The minimum Gasteiger partial charge on any atom is -0.298 e. The first-order valence-electron chi connectivity index (χ1n) is 7.55. The Morgan fingerprint density at radius 3 is 2.46 bits per heavy atom. The summed E-state index contributed by atoms with van der Waals surface area (Å²) in [6, 6.07) is 8.99. The first-order valence-corrected chi connectivity index (χ1v) is 8.34. The highest BCUT2D eigenvalue weighted by atomic mass is 35.5. The number of thiocarbonyl (C=S) groups is 1. The highest BCUT2D eigenvalue weighted by molar-refractivity contribution is 7.80. The van der Waals surface area contributed by atoms with Crippen LogP contribution in [0.1, 0.15) is 15.9 Å². The Kier molecular flexibility index (Phi) is 7.13. The van der Waals surface area contributed by atoms with E-state index in [4.69, 9.17) is 23.8 Å². The van der Waals surface area contributed by atoms with Gasteiger partial charge >= 0.3 is 0 Å². The number of hydrogen-bond acceptors (Lipinski definition) is 5. The molecule has 144 valence electrons. The maximum atomic E-state index is 12.8. The summed E-state index contributed by atoms with van der Waals surface area (Å²) in [6.45, 7) is 0. The van der Waals surface area contributed by atoms with Crippen molar-refractivity contribution in [2.45, 2.75) is 0 Å². The number of nitrogens with one attached hydrogen (secondary N) is 3. The zero-order valence-corrected chi connectivity index (χ0v) is 15.5. The van der Waals surface area contributed by atoms with Crippen molar-refractivity contribution in [3.63, 3.8) is 0 Å². The molecule has 0 radical (unpaired) electrons. The molecule has 0 atom stereocenters. The fraction of sp³-hybridized carbons (Fsp3) is 0. The molecule has 8 nitrogen and oxygen atoms in total. The molecule has 0 saturated carbocycles. The molecule has 0 fully saturated rings. The number of halogens is 2. The van der Waals surface area contributed by atoms with Gasteiger partial charge in [0.1, 0.15) is 10.8 Å². The van der Waals surface area contributed by atoms with Crippen LogP contribution in [0.3, 0.4) is 0 Å². The Bertz CT molecular complexity index is 966. The maximum absolute atomic E-state index is 12.8. The summed E-state index contributed by atoms with van der Waals surface area (Å²) in [6.07, 6.45) is 2.62. The van der Waals surface area contributed by atoms with Crippen LogP contribution in [0.5, 0.6) is 0 Å². The second kappa shape index (κ2) is 9.53. The first-order chi connectivity index (χ1) is 13.3. The molecule has 0 heterocycles. The molecular formula is C17H12ClFN4O4S. The van der Waals surface area contributed by atoms with E-state index in [0.717, 1.165) is 6.07 Å². The van der Waals surface area contributed by atoms with Gasteiger partial charge in [-0.05, 0) is 48.1 Å². The Hall–Kier alpha value is -3.37. The second-order valence-corrected chi connectivity index (χ2v) is 6.02. The second-order valence-electron chi connectivity index (χ2n) is 5.21. The predicted octanol–water partition coefficient (Wildman–Crippen LogP) is 2.74. The van der Waals surface area contributed by atoms with E-state index < -0.39 is 28.2 Å². The number of rotatable bonds is 4. The van der Waals surface area contributed by atoms with Crippen molar-refractivity contribution < 1.29 is 18.9 Å². The van der Waals surface area contributed by atoms with Crippen molar-refractivity contribution in [2.24, 2.45) is 0 Å². The van der Waals surface area contributed by atoms with Crippen molar-refractivity contribution in [3.05, 3.63) is 80.6 Å². The number of hydrogen-bond donors (Lipinski definition) is 3. The molecule has 0 bridgehead atoms. The maximum Gasteiger partial charge on any atom is 0.288 e. The number of amides is 2. The van der Waals surface area contributed by atoms with Gasteiger partial charge in [0.15, 0.2) is 5.11 Å². The van der Waals surface area contributed by atoms with Crippen molar-refractivity contribution in [1.29, 1.82) is 0 Å². The number of nitro groups is 1. The standard InChI is InChI=1S/C17H12ClFN4O4S/c18-13-7-4-11(9-14(13)23(26)27)16(25)21-22-17(28)20-15(24)8-3-10-1-5-12(19)6-2-10/h1-9H,(H,21,25)(H2,20,22,24,28). The van der Waals surface area contributed by atoms with E-state index in [0.29, 0.717) is 5.56 Å². The fourth-order valence-electron chi connectivity index (χ4n) is 1.91. The molecule has 0 unspecified atom stereocenters. The molecule has 11 heteroatoms. The fourth-order valence-corrected chi connectivity index (χ4v) is 2.25. The number of nitrogens with zero attached hydrogens (tertiary/aromatic N) is 1. The van der Waals surface area contributed by atoms with E-state index >= 15 is 0 Å². The zero-order chi connectivity index (χ0) is 20.7. The lowest BCUT2D eigenvalue weighted by Crippen LogP contribution is -2.48. The molecule has 2 rings (SSSR count). The molecule has 0 spiro atoms. The van der Waals surface area contributed by atoms with E-state index in [9.17, 15) is 24.1 Å². The molecule has 0 saturated heterocycles. The third-order valence-electron chi connectivity index (χ3n) is 3.23. The molecule has 2 aromatic carbocycles. The Morgan fingerprint density at radius 1 is 1.14 bits per heavy atom. The molecular weight excluding hydrogens is 411 g/mol. The van der Waals surface area contributed by atoms with Crippen LogP contribution in [-0.2, 0) is 4.79 Å². The summed E-state index contributed by atoms with van der Waals surface area (Å²) in [5.41, 5.74) is 4.64.